The molecule has 3 atom stereocenters. The lowest BCUT2D eigenvalue weighted by molar-refractivity contribution is 0.0115. The van der Waals surface area contributed by atoms with E-state index in [4.69, 9.17) is 4.74 Å². The van der Waals surface area contributed by atoms with Crippen LogP contribution < -0.4 is 5.32 Å². The average molecular weight is 209 g/mol. The van der Waals surface area contributed by atoms with E-state index in [1.807, 2.05) is 6.07 Å². The molecule has 0 radical (unpaired) electrons. The smallest absolute Gasteiger partial charge is 0.0561 e. The summed E-state index contributed by atoms with van der Waals surface area (Å²) in [6, 6.07) is 2.91. The first kappa shape index (κ1) is 10.6. The van der Waals surface area contributed by atoms with Gasteiger partial charge in [-0.25, -0.2) is 0 Å². The molecule has 2 N–H and O–H groups in total. The van der Waals surface area contributed by atoms with Crippen LogP contribution in [0.3, 0.4) is 0 Å². The minimum atomic E-state index is 0.336. The van der Waals surface area contributed by atoms with Gasteiger partial charge in [0.1, 0.15) is 0 Å². The minimum Gasteiger partial charge on any atom is -0.378 e. The zero-order chi connectivity index (χ0) is 10.7. The molecule has 1 aliphatic rings. The van der Waals surface area contributed by atoms with Crippen molar-refractivity contribution in [3.05, 3.63) is 18.0 Å². The summed E-state index contributed by atoms with van der Waals surface area (Å²) in [7, 11) is 0. The van der Waals surface area contributed by atoms with Crippen molar-refractivity contribution in [2.75, 3.05) is 6.61 Å². The number of aromatic nitrogens is 2. The molecular weight excluding hydrogens is 190 g/mol. The Morgan fingerprint density at radius 3 is 3.20 bits per heavy atom. The highest BCUT2D eigenvalue weighted by Gasteiger charge is 2.21. The summed E-state index contributed by atoms with van der Waals surface area (Å²) in [5, 5.41) is 10.6. The third-order valence-electron chi connectivity index (χ3n) is 2.96. The minimum absolute atomic E-state index is 0.336. The Hall–Kier alpha value is -0.870. The van der Waals surface area contributed by atoms with Crippen molar-refractivity contribution in [2.45, 2.75) is 44.9 Å². The highest BCUT2D eigenvalue weighted by molar-refractivity contribution is 5.03. The number of rotatable bonds is 3. The van der Waals surface area contributed by atoms with Crippen molar-refractivity contribution in [1.29, 1.82) is 0 Å². The quantitative estimate of drug-likeness (QED) is 0.795. The zero-order valence-corrected chi connectivity index (χ0v) is 9.36. The highest BCUT2D eigenvalue weighted by atomic mass is 16.5. The van der Waals surface area contributed by atoms with Crippen LogP contribution in [0.25, 0.3) is 0 Å². The Labute approximate surface area is 90.4 Å². The van der Waals surface area contributed by atoms with E-state index in [2.05, 4.69) is 29.4 Å². The third kappa shape index (κ3) is 2.79. The molecule has 0 aliphatic carbocycles. The molecule has 84 valence electrons. The van der Waals surface area contributed by atoms with Crippen LogP contribution in [-0.2, 0) is 4.74 Å². The van der Waals surface area contributed by atoms with Crippen LogP contribution in [0.15, 0.2) is 12.3 Å². The molecule has 0 bridgehead atoms. The maximum absolute atomic E-state index is 5.52. The van der Waals surface area contributed by atoms with Gasteiger partial charge >= 0.3 is 0 Å². The van der Waals surface area contributed by atoms with Crippen LogP contribution in [-0.4, -0.2) is 29.0 Å². The Balaban J connectivity index is 1.86. The highest BCUT2D eigenvalue weighted by Crippen LogP contribution is 2.17. The summed E-state index contributed by atoms with van der Waals surface area (Å²) in [5.41, 5.74) is 1.15. The first-order valence-corrected chi connectivity index (χ1v) is 5.62. The lowest BCUT2D eigenvalue weighted by Gasteiger charge is -2.30. The lowest BCUT2D eigenvalue weighted by Crippen LogP contribution is -2.39. The van der Waals surface area contributed by atoms with Gasteiger partial charge in [0.15, 0.2) is 0 Å². The molecule has 0 spiro atoms. The topological polar surface area (TPSA) is 49.9 Å². The molecule has 4 heteroatoms. The van der Waals surface area contributed by atoms with Gasteiger partial charge in [0.05, 0.1) is 11.8 Å². The largest absolute Gasteiger partial charge is 0.378 e. The van der Waals surface area contributed by atoms with Gasteiger partial charge in [-0.1, -0.05) is 0 Å². The van der Waals surface area contributed by atoms with Gasteiger partial charge in [0, 0.05) is 24.9 Å². The fraction of sp³-hybridized carbons (Fsp3) is 0.727. The van der Waals surface area contributed by atoms with Gasteiger partial charge in [0.25, 0.3) is 0 Å². The molecule has 1 aromatic rings. The molecule has 1 aromatic heterocycles. The standard InChI is InChI=1S/C11H19N3O/c1-8-7-10(4-6-15-8)13-9(2)11-3-5-12-14-11/h3,5,8-10,13H,4,6-7H2,1-2H3,(H,12,14). The number of nitrogens with one attached hydrogen (secondary N) is 2. The van der Waals surface area contributed by atoms with Crippen molar-refractivity contribution in [3.8, 4) is 0 Å². The van der Waals surface area contributed by atoms with Crippen LogP contribution in [0, 0.1) is 0 Å². The monoisotopic (exact) mass is 209 g/mol. The van der Waals surface area contributed by atoms with E-state index in [1.54, 1.807) is 6.20 Å². The summed E-state index contributed by atoms with van der Waals surface area (Å²) in [6.07, 6.45) is 4.37. The zero-order valence-electron chi connectivity index (χ0n) is 9.36. The second kappa shape index (κ2) is 4.77. The summed E-state index contributed by atoms with van der Waals surface area (Å²) in [5.74, 6) is 0. The van der Waals surface area contributed by atoms with Crippen LogP contribution in [0.1, 0.15) is 38.4 Å². The summed E-state index contributed by atoms with van der Waals surface area (Å²) in [4.78, 5) is 0. The SMILES string of the molecule is CC1CC(NC(C)c2ccn[nH]2)CCO1. The van der Waals surface area contributed by atoms with Crippen molar-refractivity contribution >= 4 is 0 Å². The van der Waals surface area contributed by atoms with E-state index in [1.165, 1.54) is 0 Å². The Bertz CT molecular complexity index is 286. The van der Waals surface area contributed by atoms with E-state index in [-0.39, 0.29) is 0 Å². The molecular formula is C11H19N3O. The van der Waals surface area contributed by atoms with Crippen molar-refractivity contribution < 1.29 is 4.74 Å². The van der Waals surface area contributed by atoms with Gasteiger partial charge in [0.2, 0.25) is 0 Å². The molecule has 0 saturated carbocycles. The van der Waals surface area contributed by atoms with E-state index in [9.17, 15) is 0 Å². The molecule has 0 amide bonds. The maximum atomic E-state index is 5.52. The molecule has 1 saturated heterocycles. The maximum Gasteiger partial charge on any atom is 0.0561 e. The summed E-state index contributed by atoms with van der Waals surface area (Å²) >= 11 is 0. The van der Waals surface area contributed by atoms with Crippen LogP contribution in [0.2, 0.25) is 0 Å². The number of nitrogens with zero attached hydrogens (tertiary/aromatic N) is 1. The van der Waals surface area contributed by atoms with E-state index >= 15 is 0 Å². The number of ether oxygens (including phenoxy) is 1. The van der Waals surface area contributed by atoms with Crippen molar-refractivity contribution in [1.82, 2.24) is 15.5 Å². The van der Waals surface area contributed by atoms with Gasteiger partial charge in [-0.15, -0.1) is 0 Å². The van der Waals surface area contributed by atoms with Crippen LogP contribution in [0.5, 0.6) is 0 Å². The predicted octanol–water partition coefficient (Wildman–Crippen LogP) is 1.63. The molecule has 4 nitrogen and oxygen atoms in total. The van der Waals surface area contributed by atoms with Gasteiger partial charge in [-0.05, 0) is 32.8 Å². The molecule has 3 unspecified atom stereocenters. The molecule has 1 fully saturated rings. The summed E-state index contributed by atoms with van der Waals surface area (Å²) in [6.45, 7) is 5.16. The van der Waals surface area contributed by atoms with Gasteiger partial charge < -0.3 is 10.1 Å². The van der Waals surface area contributed by atoms with Gasteiger partial charge in [-0.2, -0.15) is 5.10 Å². The first-order chi connectivity index (χ1) is 7.25. The van der Waals surface area contributed by atoms with Crippen LogP contribution >= 0.6 is 0 Å². The van der Waals surface area contributed by atoms with E-state index < -0.39 is 0 Å². The normalized spacial score (nSPS) is 28.9. The Kier molecular flexibility index (Phi) is 3.38. The number of H-pyrrole nitrogens is 1. The second-order valence-corrected chi connectivity index (χ2v) is 4.30. The molecule has 0 aromatic carbocycles. The molecule has 2 heterocycles. The van der Waals surface area contributed by atoms with Crippen molar-refractivity contribution in [2.24, 2.45) is 0 Å². The second-order valence-electron chi connectivity index (χ2n) is 4.30. The molecule has 1 aliphatic heterocycles. The van der Waals surface area contributed by atoms with E-state index in [0.29, 0.717) is 18.2 Å². The lowest BCUT2D eigenvalue weighted by atomic mass is 10.0. The van der Waals surface area contributed by atoms with Crippen LogP contribution in [0.4, 0.5) is 0 Å². The fourth-order valence-electron chi connectivity index (χ4n) is 2.10. The fourth-order valence-corrected chi connectivity index (χ4v) is 2.10. The Morgan fingerprint density at radius 1 is 1.67 bits per heavy atom. The van der Waals surface area contributed by atoms with E-state index in [0.717, 1.165) is 25.1 Å². The molecule has 2 rings (SSSR count). The number of hydrogen-bond donors (Lipinski definition) is 2. The number of aromatic amines is 1. The predicted molar refractivity (Wildman–Crippen MR) is 58.6 cm³/mol. The van der Waals surface area contributed by atoms with Crippen molar-refractivity contribution in [3.63, 3.8) is 0 Å². The number of hydrogen-bond acceptors (Lipinski definition) is 3. The average Bonchev–Trinajstić information content (AvgIpc) is 2.70. The third-order valence-corrected chi connectivity index (χ3v) is 2.96. The van der Waals surface area contributed by atoms with Gasteiger partial charge in [-0.3, -0.25) is 5.10 Å². The first-order valence-electron chi connectivity index (χ1n) is 5.62. The molecule has 15 heavy (non-hydrogen) atoms. The Morgan fingerprint density at radius 2 is 2.53 bits per heavy atom. The summed E-state index contributed by atoms with van der Waals surface area (Å²) < 4.78 is 5.52.